The highest BCUT2D eigenvalue weighted by molar-refractivity contribution is 7.89. The van der Waals surface area contributed by atoms with Gasteiger partial charge in [0.1, 0.15) is 0 Å². The second-order valence-electron chi connectivity index (χ2n) is 8.06. The molecule has 162 valence electrons. The van der Waals surface area contributed by atoms with E-state index in [1.54, 1.807) is 38.1 Å². The maximum absolute atomic E-state index is 12.6. The molecule has 1 amide bonds. The first-order valence-electron chi connectivity index (χ1n) is 10.5. The van der Waals surface area contributed by atoms with Crippen LogP contribution in [0.2, 0.25) is 0 Å². The summed E-state index contributed by atoms with van der Waals surface area (Å²) < 4.78 is 27.0. The number of piperazine rings is 1. The predicted molar refractivity (Wildman–Crippen MR) is 119 cm³/mol. The largest absolute Gasteiger partial charge is 0.340 e. The minimum absolute atomic E-state index is 0.152. The molecule has 1 aliphatic rings. The molecule has 0 saturated carbocycles. The Morgan fingerprint density at radius 1 is 0.933 bits per heavy atom. The molecule has 0 aromatic heterocycles. The minimum Gasteiger partial charge on any atom is -0.340 e. The van der Waals surface area contributed by atoms with Crippen LogP contribution in [0.3, 0.4) is 0 Å². The first kappa shape index (κ1) is 22.5. The van der Waals surface area contributed by atoms with Crippen molar-refractivity contribution < 1.29 is 13.2 Å². The molecule has 0 aliphatic carbocycles. The molecule has 0 unspecified atom stereocenters. The summed E-state index contributed by atoms with van der Waals surface area (Å²) in [5.74, 6) is 0.160. The molecule has 0 spiro atoms. The van der Waals surface area contributed by atoms with Crippen LogP contribution < -0.4 is 4.72 Å². The molecule has 3 rings (SSSR count). The zero-order chi connectivity index (χ0) is 21.6. The summed E-state index contributed by atoms with van der Waals surface area (Å²) >= 11 is 0. The van der Waals surface area contributed by atoms with E-state index in [0.717, 1.165) is 38.3 Å². The lowest BCUT2D eigenvalue weighted by Gasteiger charge is -2.34. The standard InChI is InChI=1S/C23H31N3O3S/c1-19(2)24-30(28,29)22-11-8-20(9-12-22)10-13-23(27)26-16-14-25(15-17-26)18-21-6-4-3-5-7-21/h3-9,11-12,19,24H,10,13-18H2,1-2H3. The Morgan fingerprint density at radius 3 is 2.17 bits per heavy atom. The number of carbonyl (C=O) groups is 1. The van der Waals surface area contributed by atoms with Crippen molar-refractivity contribution in [3.8, 4) is 0 Å². The summed E-state index contributed by atoms with van der Waals surface area (Å²) in [6.07, 6.45) is 1.05. The number of aryl methyl sites for hydroxylation is 1. The summed E-state index contributed by atoms with van der Waals surface area (Å²) in [6, 6.07) is 17.0. The van der Waals surface area contributed by atoms with Crippen LogP contribution in [0.5, 0.6) is 0 Å². The number of hydrogen-bond acceptors (Lipinski definition) is 4. The van der Waals surface area contributed by atoms with Crippen LogP contribution in [0.1, 0.15) is 31.4 Å². The Balaban J connectivity index is 1.45. The highest BCUT2D eigenvalue weighted by Crippen LogP contribution is 2.14. The molecule has 7 heteroatoms. The van der Waals surface area contributed by atoms with Gasteiger partial charge in [0.05, 0.1) is 4.90 Å². The SMILES string of the molecule is CC(C)NS(=O)(=O)c1ccc(CCC(=O)N2CCN(Cc3ccccc3)CC2)cc1. The summed E-state index contributed by atoms with van der Waals surface area (Å²) in [5, 5.41) is 0. The second-order valence-corrected chi connectivity index (χ2v) is 9.78. The number of benzene rings is 2. The van der Waals surface area contributed by atoms with Gasteiger partial charge in [0, 0.05) is 45.2 Å². The van der Waals surface area contributed by atoms with Crippen molar-refractivity contribution in [3.05, 3.63) is 65.7 Å². The third-order valence-electron chi connectivity index (χ3n) is 5.23. The van der Waals surface area contributed by atoms with Crippen molar-refractivity contribution in [2.45, 2.75) is 44.2 Å². The monoisotopic (exact) mass is 429 g/mol. The maximum atomic E-state index is 12.6. The fourth-order valence-corrected chi connectivity index (χ4v) is 4.87. The lowest BCUT2D eigenvalue weighted by molar-refractivity contribution is -0.133. The Hall–Kier alpha value is -2.22. The predicted octanol–water partition coefficient (Wildman–Crippen LogP) is 2.65. The molecule has 1 fully saturated rings. The summed E-state index contributed by atoms with van der Waals surface area (Å²) in [7, 11) is -3.48. The van der Waals surface area contributed by atoms with Gasteiger partial charge in [-0.25, -0.2) is 13.1 Å². The maximum Gasteiger partial charge on any atom is 0.240 e. The van der Waals surface area contributed by atoms with Gasteiger partial charge in [-0.15, -0.1) is 0 Å². The van der Waals surface area contributed by atoms with Crippen LogP contribution in [0, 0.1) is 0 Å². The van der Waals surface area contributed by atoms with E-state index >= 15 is 0 Å². The van der Waals surface area contributed by atoms with Gasteiger partial charge in [-0.1, -0.05) is 42.5 Å². The van der Waals surface area contributed by atoms with E-state index in [4.69, 9.17) is 0 Å². The quantitative estimate of drug-likeness (QED) is 0.700. The van der Waals surface area contributed by atoms with E-state index in [1.807, 2.05) is 11.0 Å². The molecule has 1 saturated heterocycles. The molecule has 0 bridgehead atoms. The fourth-order valence-electron chi connectivity index (χ4n) is 3.62. The number of hydrogen-bond donors (Lipinski definition) is 1. The van der Waals surface area contributed by atoms with Gasteiger partial charge in [-0.3, -0.25) is 9.69 Å². The lowest BCUT2D eigenvalue weighted by atomic mass is 10.1. The Morgan fingerprint density at radius 2 is 1.57 bits per heavy atom. The molecule has 6 nitrogen and oxygen atoms in total. The minimum atomic E-state index is -3.48. The van der Waals surface area contributed by atoms with Gasteiger partial charge < -0.3 is 4.90 Å². The summed E-state index contributed by atoms with van der Waals surface area (Å²) in [5.41, 5.74) is 2.26. The van der Waals surface area contributed by atoms with Gasteiger partial charge in [-0.2, -0.15) is 0 Å². The molecule has 2 aromatic rings. The molecule has 0 radical (unpaired) electrons. The summed E-state index contributed by atoms with van der Waals surface area (Å²) in [4.78, 5) is 17.2. The molecule has 1 heterocycles. The van der Waals surface area contributed by atoms with Crippen LogP contribution in [0.25, 0.3) is 0 Å². The van der Waals surface area contributed by atoms with Crippen molar-refractivity contribution >= 4 is 15.9 Å². The number of sulfonamides is 1. The molecular formula is C23H31N3O3S. The van der Waals surface area contributed by atoms with E-state index in [1.165, 1.54) is 5.56 Å². The van der Waals surface area contributed by atoms with E-state index in [2.05, 4.69) is 33.9 Å². The molecule has 1 aliphatic heterocycles. The molecule has 30 heavy (non-hydrogen) atoms. The molecular weight excluding hydrogens is 398 g/mol. The number of rotatable bonds is 8. The zero-order valence-corrected chi connectivity index (χ0v) is 18.6. The van der Waals surface area contributed by atoms with Gasteiger partial charge >= 0.3 is 0 Å². The first-order chi connectivity index (χ1) is 14.3. The lowest BCUT2D eigenvalue weighted by Crippen LogP contribution is -2.48. The van der Waals surface area contributed by atoms with E-state index in [-0.39, 0.29) is 16.8 Å². The highest BCUT2D eigenvalue weighted by atomic mass is 32.2. The van der Waals surface area contributed by atoms with Crippen molar-refractivity contribution in [1.82, 2.24) is 14.5 Å². The fraction of sp³-hybridized carbons (Fsp3) is 0.435. The second kappa shape index (κ2) is 10.2. The van der Waals surface area contributed by atoms with Crippen molar-refractivity contribution in [2.75, 3.05) is 26.2 Å². The van der Waals surface area contributed by atoms with Crippen molar-refractivity contribution in [1.29, 1.82) is 0 Å². The van der Waals surface area contributed by atoms with Crippen LogP contribution >= 0.6 is 0 Å². The Kier molecular flexibility index (Phi) is 7.64. The summed E-state index contributed by atoms with van der Waals surface area (Å²) in [6.45, 7) is 7.78. The van der Waals surface area contributed by atoms with Gasteiger partial charge in [0.15, 0.2) is 0 Å². The van der Waals surface area contributed by atoms with Crippen LogP contribution in [-0.4, -0.2) is 56.3 Å². The number of amides is 1. The van der Waals surface area contributed by atoms with Crippen molar-refractivity contribution in [2.24, 2.45) is 0 Å². The molecule has 0 atom stereocenters. The smallest absolute Gasteiger partial charge is 0.240 e. The van der Waals surface area contributed by atoms with Gasteiger partial charge in [-0.05, 0) is 43.5 Å². The van der Waals surface area contributed by atoms with Crippen molar-refractivity contribution in [3.63, 3.8) is 0 Å². The number of carbonyl (C=O) groups excluding carboxylic acids is 1. The van der Waals surface area contributed by atoms with Gasteiger partial charge in [0.2, 0.25) is 15.9 Å². The topological polar surface area (TPSA) is 69.7 Å². The van der Waals surface area contributed by atoms with Gasteiger partial charge in [0.25, 0.3) is 0 Å². The molecule has 1 N–H and O–H groups in total. The van der Waals surface area contributed by atoms with E-state index in [9.17, 15) is 13.2 Å². The Bertz CT molecular complexity index is 920. The van der Waals surface area contributed by atoms with Crippen LogP contribution in [-0.2, 0) is 27.8 Å². The number of nitrogens with one attached hydrogen (secondary N) is 1. The van der Waals surface area contributed by atoms with Crippen LogP contribution in [0.4, 0.5) is 0 Å². The highest BCUT2D eigenvalue weighted by Gasteiger charge is 2.21. The zero-order valence-electron chi connectivity index (χ0n) is 17.8. The average molecular weight is 430 g/mol. The third-order valence-corrected chi connectivity index (χ3v) is 6.90. The third kappa shape index (κ3) is 6.39. The average Bonchev–Trinajstić information content (AvgIpc) is 2.73. The van der Waals surface area contributed by atoms with E-state index in [0.29, 0.717) is 12.8 Å². The first-order valence-corrected chi connectivity index (χ1v) is 12.0. The normalized spacial score (nSPS) is 15.5. The van der Waals surface area contributed by atoms with Crippen LogP contribution in [0.15, 0.2) is 59.5 Å². The molecule has 2 aromatic carbocycles. The number of nitrogens with zero attached hydrogens (tertiary/aromatic N) is 2. The Labute approximate surface area is 179 Å². The van der Waals surface area contributed by atoms with E-state index < -0.39 is 10.0 Å².